The normalized spacial score (nSPS) is 10.8. The van der Waals surface area contributed by atoms with Gasteiger partial charge in [0, 0.05) is 17.2 Å². The van der Waals surface area contributed by atoms with Gasteiger partial charge in [0.05, 0.1) is 22.1 Å². The van der Waals surface area contributed by atoms with Crippen LogP contribution in [0.1, 0.15) is 5.69 Å². The summed E-state index contributed by atoms with van der Waals surface area (Å²) in [4.78, 5) is 8.18. The van der Waals surface area contributed by atoms with Gasteiger partial charge in [0.1, 0.15) is 23.8 Å². The molecule has 3 aromatic rings. The van der Waals surface area contributed by atoms with Gasteiger partial charge in [-0.25, -0.2) is 23.1 Å². The van der Waals surface area contributed by atoms with Crippen molar-refractivity contribution in [1.29, 1.82) is 0 Å². The lowest BCUT2D eigenvalue weighted by atomic mass is 10.0. The fourth-order valence-corrected chi connectivity index (χ4v) is 2.69. The Hall–Kier alpha value is -2.80. The van der Waals surface area contributed by atoms with Crippen molar-refractivity contribution in [1.82, 2.24) is 9.97 Å². The molecule has 0 radical (unpaired) electrons. The molecule has 0 saturated heterocycles. The van der Waals surface area contributed by atoms with Crippen molar-refractivity contribution >= 4 is 28.8 Å². The molecular weight excluding hydrogens is 353 g/mol. The highest BCUT2D eigenvalue weighted by molar-refractivity contribution is 6.33. The van der Waals surface area contributed by atoms with E-state index in [1.165, 1.54) is 18.5 Å². The number of benzene rings is 2. The van der Waals surface area contributed by atoms with Crippen LogP contribution in [0.25, 0.3) is 11.1 Å². The Balaban J connectivity index is 2.14. The van der Waals surface area contributed by atoms with Crippen molar-refractivity contribution in [3.05, 3.63) is 64.8 Å². The Kier molecular flexibility index (Phi) is 4.50. The monoisotopic (exact) mass is 364 g/mol. The lowest BCUT2D eigenvalue weighted by molar-refractivity contribution is 0.587. The lowest BCUT2D eigenvalue weighted by Gasteiger charge is -2.15. The van der Waals surface area contributed by atoms with Gasteiger partial charge in [0.25, 0.3) is 0 Å². The number of rotatable bonds is 3. The Morgan fingerprint density at radius 1 is 1.04 bits per heavy atom. The van der Waals surface area contributed by atoms with Gasteiger partial charge in [0.15, 0.2) is 5.82 Å². The first-order valence-corrected chi connectivity index (χ1v) is 7.53. The first-order chi connectivity index (χ1) is 11.9. The van der Waals surface area contributed by atoms with Gasteiger partial charge in [-0.15, -0.1) is 0 Å². The number of anilines is 3. The quantitative estimate of drug-likeness (QED) is 0.652. The third-order valence-corrected chi connectivity index (χ3v) is 3.88. The van der Waals surface area contributed by atoms with Crippen LogP contribution in [0.2, 0.25) is 5.02 Å². The summed E-state index contributed by atoms with van der Waals surface area (Å²) >= 11 is 6.12. The topological polar surface area (TPSA) is 63.8 Å². The van der Waals surface area contributed by atoms with Crippen molar-refractivity contribution < 1.29 is 13.2 Å². The van der Waals surface area contributed by atoms with Crippen LogP contribution in [0.3, 0.4) is 0 Å². The molecule has 0 aliphatic heterocycles. The number of aryl methyl sites for hydroxylation is 1. The fourth-order valence-electron chi connectivity index (χ4n) is 2.43. The number of hydrogen-bond donors (Lipinski definition) is 2. The number of nitrogens with zero attached hydrogens (tertiary/aromatic N) is 2. The van der Waals surface area contributed by atoms with Gasteiger partial charge in [-0.3, -0.25) is 0 Å². The molecular formula is C17H12ClF3N4. The SMILES string of the molecule is Cc1ncnc(Nc2c(N)cc(F)cc2F)c1-c1ccc(F)cc1Cl. The Morgan fingerprint density at radius 3 is 2.48 bits per heavy atom. The predicted octanol–water partition coefficient (Wildman–Crippen LogP) is 4.85. The number of nitrogen functional groups attached to an aromatic ring is 1. The third kappa shape index (κ3) is 3.36. The Morgan fingerprint density at radius 2 is 1.80 bits per heavy atom. The van der Waals surface area contributed by atoms with Gasteiger partial charge in [-0.1, -0.05) is 11.6 Å². The molecule has 0 atom stereocenters. The van der Waals surface area contributed by atoms with E-state index < -0.39 is 17.5 Å². The van der Waals surface area contributed by atoms with Crippen LogP contribution in [0.5, 0.6) is 0 Å². The lowest BCUT2D eigenvalue weighted by Crippen LogP contribution is -2.05. The molecule has 0 unspecified atom stereocenters. The van der Waals surface area contributed by atoms with E-state index in [4.69, 9.17) is 17.3 Å². The van der Waals surface area contributed by atoms with E-state index in [-0.39, 0.29) is 22.2 Å². The average molecular weight is 365 g/mol. The summed E-state index contributed by atoms with van der Waals surface area (Å²) in [6.45, 7) is 1.70. The van der Waals surface area contributed by atoms with Crippen molar-refractivity contribution in [2.24, 2.45) is 0 Å². The molecule has 0 bridgehead atoms. The molecule has 0 aliphatic rings. The molecule has 0 aliphatic carbocycles. The molecule has 0 saturated carbocycles. The zero-order chi connectivity index (χ0) is 18.1. The molecule has 3 N–H and O–H groups in total. The van der Waals surface area contributed by atoms with Crippen LogP contribution in [-0.2, 0) is 0 Å². The Bertz CT molecular complexity index is 940. The molecule has 1 aromatic heterocycles. The molecule has 2 aromatic carbocycles. The Labute approximate surface area is 146 Å². The highest BCUT2D eigenvalue weighted by Crippen LogP contribution is 2.37. The second-order valence-electron chi connectivity index (χ2n) is 5.28. The molecule has 0 amide bonds. The van der Waals surface area contributed by atoms with E-state index in [9.17, 15) is 13.2 Å². The first kappa shape index (κ1) is 17.0. The van der Waals surface area contributed by atoms with Gasteiger partial charge < -0.3 is 11.1 Å². The smallest absolute Gasteiger partial charge is 0.151 e. The summed E-state index contributed by atoms with van der Waals surface area (Å²) < 4.78 is 40.6. The molecule has 0 spiro atoms. The summed E-state index contributed by atoms with van der Waals surface area (Å²) in [6, 6.07) is 5.56. The maximum absolute atomic E-state index is 14.1. The summed E-state index contributed by atoms with van der Waals surface area (Å²) in [7, 11) is 0. The number of halogens is 4. The number of hydrogen-bond acceptors (Lipinski definition) is 4. The van der Waals surface area contributed by atoms with Gasteiger partial charge >= 0.3 is 0 Å². The second kappa shape index (κ2) is 6.60. The van der Waals surface area contributed by atoms with Gasteiger partial charge in [-0.2, -0.15) is 0 Å². The minimum Gasteiger partial charge on any atom is -0.397 e. The zero-order valence-electron chi connectivity index (χ0n) is 12.9. The van der Waals surface area contributed by atoms with E-state index in [0.717, 1.165) is 12.1 Å². The average Bonchev–Trinajstić information content (AvgIpc) is 2.52. The van der Waals surface area contributed by atoms with Crippen LogP contribution in [0.15, 0.2) is 36.7 Å². The largest absolute Gasteiger partial charge is 0.397 e. The second-order valence-corrected chi connectivity index (χ2v) is 5.69. The van der Waals surface area contributed by atoms with Gasteiger partial charge in [0.2, 0.25) is 0 Å². The zero-order valence-corrected chi connectivity index (χ0v) is 13.7. The molecule has 0 fully saturated rings. The maximum Gasteiger partial charge on any atom is 0.151 e. The van der Waals surface area contributed by atoms with Crippen molar-refractivity contribution in [2.75, 3.05) is 11.1 Å². The maximum atomic E-state index is 14.1. The van der Waals surface area contributed by atoms with Crippen molar-refractivity contribution in [3.8, 4) is 11.1 Å². The van der Waals surface area contributed by atoms with Crippen molar-refractivity contribution in [2.45, 2.75) is 6.92 Å². The predicted molar refractivity (Wildman–Crippen MR) is 91.2 cm³/mol. The van der Waals surface area contributed by atoms with Crippen molar-refractivity contribution in [3.63, 3.8) is 0 Å². The molecule has 25 heavy (non-hydrogen) atoms. The minimum absolute atomic E-state index is 0.120. The molecule has 8 heteroatoms. The van der Waals surface area contributed by atoms with Crippen LogP contribution < -0.4 is 11.1 Å². The van der Waals surface area contributed by atoms with E-state index >= 15 is 0 Å². The van der Waals surface area contributed by atoms with Crippen LogP contribution >= 0.6 is 11.6 Å². The van der Waals surface area contributed by atoms with Crippen LogP contribution in [-0.4, -0.2) is 9.97 Å². The number of aromatic nitrogens is 2. The fraction of sp³-hybridized carbons (Fsp3) is 0.0588. The standard InChI is InChI=1S/C17H12ClF3N4/c1-8-15(11-3-2-9(19)4-12(11)18)17(24-7-23-8)25-16-13(21)5-10(20)6-14(16)22/h2-7H,22H2,1H3,(H,23,24,25). The number of nitrogens with one attached hydrogen (secondary N) is 1. The highest BCUT2D eigenvalue weighted by Gasteiger charge is 2.17. The van der Waals surface area contributed by atoms with Gasteiger partial charge in [-0.05, 0) is 31.2 Å². The summed E-state index contributed by atoms with van der Waals surface area (Å²) in [5.41, 5.74) is 6.89. The van der Waals surface area contributed by atoms with Crippen LogP contribution in [0.4, 0.5) is 30.4 Å². The third-order valence-electron chi connectivity index (χ3n) is 3.57. The van der Waals surface area contributed by atoms with E-state index in [1.807, 2.05) is 0 Å². The molecule has 4 nitrogen and oxygen atoms in total. The van der Waals surface area contributed by atoms with E-state index in [2.05, 4.69) is 15.3 Å². The number of nitrogens with two attached hydrogens (primary N) is 1. The van der Waals surface area contributed by atoms with Crippen LogP contribution in [0, 0.1) is 24.4 Å². The molecule has 3 rings (SSSR count). The molecule has 128 valence electrons. The van der Waals surface area contributed by atoms with E-state index in [1.54, 1.807) is 6.92 Å². The summed E-state index contributed by atoms with van der Waals surface area (Å²) in [6.07, 6.45) is 1.27. The first-order valence-electron chi connectivity index (χ1n) is 7.15. The highest BCUT2D eigenvalue weighted by atomic mass is 35.5. The minimum atomic E-state index is -0.870. The van der Waals surface area contributed by atoms with E-state index in [0.29, 0.717) is 22.9 Å². The summed E-state index contributed by atoms with van der Waals surface area (Å²) in [5, 5.41) is 2.89. The summed E-state index contributed by atoms with van der Waals surface area (Å²) in [5.74, 6) is -1.95. The molecule has 1 heterocycles.